The summed E-state index contributed by atoms with van der Waals surface area (Å²) in [5.41, 5.74) is 23.3. The number of hydrogen-bond acceptors (Lipinski definition) is 6. The maximum Gasteiger partial charge on any atom is 0.164 e. The van der Waals surface area contributed by atoms with Gasteiger partial charge >= 0.3 is 0 Å². The zero-order valence-corrected chi connectivity index (χ0v) is 40.4. The summed E-state index contributed by atoms with van der Waals surface area (Å²) in [4.78, 5) is 31.2. The van der Waals surface area contributed by atoms with Crippen LogP contribution < -0.4 is 0 Å². The minimum absolute atomic E-state index is 0.00756. The molecule has 0 N–H and O–H groups in total. The maximum absolute atomic E-state index is 5.40. The number of nitrogens with zero attached hydrogens (tertiary/aromatic N) is 6. The lowest BCUT2D eigenvalue weighted by atomic mass is 9.61. The van der Waals surface area contributed by atoms with Crippen molar-refractivity contribution >= 4 is 0 Å². The van der Waals surface area contributed by atoms with Gasteiger partial charge in [-0.05, 0) is 96.1 Å². The molecule has 2 aromatic heterocycles. The van der Waals surface area contributed by atoms with Gasteiger partial charge in [0, 0.05) is 45.2 Å². The molecule has 1 spiro atoms. The molecule has 5 aliphatic rings. The van der Waals surface area contributed by atoms with Crippen molar-refractivity contribution in [3.05, 3.63) is 298 Å². The first-order valence-electron chi connectivity index (χ1n) is 25.7. The van der Waals surface area contributed by atoms with Crippen LogP contribution in [0.4, 0.5) is 0 Å². The van der Waals surface area contributed by atoms with Gasteiger partial charge in [-0.15, -0.1) is 0 Å². The molecule has 0 radical (unpaired) electrons. The van der Waals surface area contributed by atoms with Gasteiger partial charge in [-0.3, -0.25) is 0 Å². The van der Waals surface area contributed by atoms with Crippen LogP contribution in [-0.4, -0.2) is 29.9 Å². The van der Waals surface area contributed by atoms with E-state index in [0.717, 1.165) is 33.4 Å². The lowest BCUT2D eigenvalue weighted by Crippen LogP contribution is -2.27. The zero-order valence-electron chi connectivity index (χ0n) is 40.4. The summed E-state index contributed by atoms with van der Waals surface area (Å²) in [5.74, 6) is 3.88. The summed E-state index contributed by atoms with van der Waals surface area (Å²) in [7, 11) is 0. The standard InChI is InChI=1S/C69H42N6/c1-4-18-41(19-5-1)63-70-64(42-20-6-2-7-21-42)72-66(71-63)44-32-35-52-55(39-44)61-50-27-10-11-28-51(50)62(52)56-40-45(33-36-53(56)61)67-73-65(43-22-8-3-9-23-43)74-68(75-67)46-34-37-60-54(38-46)49-26-14-17-31-59(49)69(60)57-29-15-12-24-47(57)48-25-13-16-30-58(48)69/h1-40,61-62H. The average Bonchev–Trinajstić information content (AvgIpc) is 4.02. The van der Waals surface area contributed by atoms with Crippen molar-refractivity contribution in [3.8, 4) is 90.6 Å². The molecule has 6 heteroatoms. The molecule has 2 heterocycles. The van der Waals surface area contributed by atoms with E-state index in [4.69, 9.17) is 29.9 Å². The van der Waals surface area contributed by atoms with Gasteiger partial charge in [0.1, 0.15) is 0 Å². The topological polar surface area (TPSA) is 77.3 Å². The van der Waals surface area contributed by atoms with E-state index in [1.54, 1.807) is 0 Å². The van der Waals surface area contributed by atoms with Crippen molar-refractivity contribution in [1.29, 1.82) is 0 Å². The number of rotatable bonds is 6. The Bertz CT molecular complexity index is 4220. The quantitative estimate of drug-likeness (QED) is 0.165. The Hall–Kier alpha value is -9.78. The molecule has 0 saturated carbocycles. The van der Waals surface area contributed by atoms with Crippen LogP contribution in [0.15, 0.2) is 243 Å². The van der Waals surface area contributed by atoms with Crippen LogP contribution in [0.25, 0.3) is 90.6 Å². The van der Waals surface area contributed by atoms with Crippen LogP contribution in [0.2, 0.25) is 0 Å². The molecular formula is C69H42N6. The Morgan fingerprint density at radius 1 is 0.213 bits per heavy atom. The Labute approximate surface area is 433 Å². The van der Waals surface area contributed by atoms with Crippen LogP contribution >= 0.6 is 0 Å². The highest BCUT2D eigenvalue weighted by atomic mass is 15.0. The van der Waals surface area contributed by atoms with Crippen molar-refractivity contribution in [2.75, 3.05) is 0 Å². The third kappa shape index (κ3) is 6.14. The highest BCUT2D eigenvalue weighted by Crippen LogP contribution is 2.63. The monoisotopic (exact) mass is 954 g/mol. The van der Waals surface area contributed by atoms with Crippen LogP contribution in [0.3, 0.4) is 0 Å². The highest BCUT2D eigenvalue weighted by Gasteiger charge is 2.51. The highest BCUT2D eigenvalue weighted by molar-refractivity contribution is 5.96. The fraction of sp³-hybridized carbons (Fsp3) is 0.0435. The summed E-state index contributed by atoms with van der Waals surface area (Å²) in [6.07, 6.45) is 0. The van der Waals surface area contributed by atoms with Crippen molar-refractivity contribution in [2.45, 2.75) is 17.3 Å². The lowest BCUT2D eigenvalue weighted by molar-refractivity contribution is 0.754. The molecule has 0 fully saturated rings. The van der Waals surface area contributed by atoms with E-state index >= 15 is 0 Å². The molecule has 10 aromatic carbocycles. The van der Waals surface area contributed by atoms with Crippen molar-refractivity contribution in [1.82, 2.24) is 29.9 Å². The van der Waals surface area contributed by atoms with Crippen molar-refractivity contribution in [2.24, 2.45) is 0 Å². The SMILES string of the molecule is c1ccc(-c2nc(-c3ccccc3)nc(-c3ccc4c(c3)C3c5ccccc5C4c4cc(-c5nc(-c6ccccc6)nc(-c6ccc7c(c6)-c6ccccc6C76c7ccccc7-c7ccccc76)n5)ccc43)n2)cc1. The molecule has 0 aliphatic heterocycles. The summed E-state index contributed by atoms with van der Waals surface area (Å²) in [6, 6.07) is 86.9. The molecule has 12 aromatic rings. The number of benzene rings is 10. The third-order valence-corrected chi connectivity index (χ3v) is 16.2. The normalized spacial score (nSPS) is 15.3. The minimum atomic E-state index is -0.428. The van der Waals surface area contributed by atoms with Crippen LogP contribution in [0.1, 0.15) is 67.5 Å². The lowest BCUT2D eigenvalue weighted by Gasteiger charge is -2.42. The first-order valence-corrected chi connectivity index (χ1v) is 25.7. The van der Waals surface area contributed by atoms with E-state index < -0.39 is 5.41 Å². The second kappa shape index (κ2) is 16.1. The maximum atomic E-state index is 5.40. The molecule has 0 amide bonds. The molecule has 2 atom stereocenters. The second-order valence-corrected chi connectivity index (χ2v) is 20.0. The van der Waals surface area contributed by atoms with E-state index in [1.807, 2.05) is 54.6 Å². The molecule has 17 rings (SSSR count). The zero-order chi connectivity index (χ0) is 49.2. The minimum Gasteiger partial charge on any atom is -0.208 e. The van der Waals surface area contributed by atoms with Gasteiger partial charge in [0.2, 0.25) is 0 Å². The number of aromatic nitrogens is 6. The summed E-state index contributed by atoms with van der Waals surface area (Å²) in [5, 5.41) is 0. The predicted octanol–water partition coefficient (Wildman–Crippen LogP) is 15.4. The van der Waals surface area contributed by atoms with E-state index in [-0.39, 0.29) is 11.8 Å². The fourth-order valence-corrected chi connectivity index (χ4v) is 13.0. The smallest absolute Gasteiger partial charge is 0.164 e. The number of hydrogen-bond donors (Lipinski definition) is 0. The van der Waals surface area contributed by atoms with Gasteiger partial charge in [0.25, 0.3) is 0 Å². The van der Waals surface area contributed by atoms with Gasteiger partial charge in [-0.1, -0.05) is 224 Å². The van der Waals surface area contributed by atoms with Gasteiger partial charge in [-0.2, -0.15) is 0 Å². The second-order valence-electron chi connectivity index (χ2n) is 20.0. The van der Waals surface area contributed by atoms with Crippen LogP contribution in [-0.2, 0) is 5.41 Å². The Kier molecular flexibility index (Phi) is 8.98. The van der Waals surface area contributed by atoms with Gasteiger partial charge in [-0.25, -0.2) is 29.9 Å². The molecule has 2 unspecified atom stereocenters. The molecule has 75 heavy (non-hydrogen) atoms. The molecule has 2 bridgehead atoms. The Morgan fingerprint density at radius 2 is 0.507 bits per heavy atom. The molecule has 6 nitrogen and oxygen atoms in total. The van der Waals surface area contributed by atoms with E-state index in [2.05, 4.69) is 188 Å². The van der Waals surface area contributed by atoms with Crippen molar-refractivity contribution in [3.63, 3.8) is 0 Å². The first-order chi connectivity index (χ1) is 37.2. The molecular weight excluding hydrogens is 913 g/mol. The largest absolute Gasteiger partial charge is 0.208 e. The van der Waals surface area contributed by atoms with E-state index in [0.29, 0.717) is 34.9 Å². The Balaban J connectivity index is 0.827. The summed E-state index contributed by atoms with van der Waals surface area (Å²) < 4.78 is 0. The third-order valence-electron chi connectivity index (χ3n) is 16.2. The first kappa shape index (κ1) is 41.8. The summed E-state index contributed by atoms with van der Waals surface area (Å²) >= 11 is 0. The molecule has 5 aliphatic carbocycles. The van der Waals surface area contributed by atoms with Gasteiger partial charge in [0.05, 0.1) is 5.41 Å². The number of fused-ring (bicyclic) bond motifs is 10. The average molecular weight is 955 g/mol. The summed E-state index contributed by atoms with van der Waals surface area (Å²) in [6.45, 7) is 0. The van der Waals surface area contributed by atoms with Gasteiger partial charge < -0.3 is 0 Å². The van der Waals surface area contributed by atoms with Crippen molar-refractivity contribution < 1.29 is 0 Å². The predicted molar refractivity (Wildman–Crippen MR) is 297 cm³/mol. The van der Waals surface area contributed by atoms with E-state index in [1.165, 1.54) is 77.9 Å². The van der Waals surface area contributed by atoms with Crippen LogP contribution in [0, 0.1) is 0 Å². The fourth-order valence-electron chi connectivity index (χ4n) is 13.0. The molecule has 0 saturated heterocycles. The molecule has 348 valence electrons. The van der Waals surface area contributed by atoms with Crippen LogP contribution in [0.5, 0.6) is 0 Å². The van der Waals surface area contributed by atoms with Gasteiger partial charge in [0.15, 0.2) is 34.9 Å². The Morgan fingerprint density at radius 3 is 0.920 bits per heavy atom. The van der Waals surface area contributed by atoms with E-state index in [9.17, 15) is 0 Å².